The van der Waals surface area contributed by atoms with Crippen LogP contribution in [0.4, 0.5) is 8.78 Å². The first-order valence-corrected chi connectivity index (χ1v) is 5.46. The van der Waals surface area contributed by atoms with Crippen molar-refractivity contribution in [3.63, 3.8) is 0 Å². The van der Waals surface area contributed by atoms with E-state index < -0.39 is 18.5 Å². The highest BCUT2D eigenvalue weighted by Crippen LogP contribution is 2.26. The van der Waals surface area contributed by atoms with E-state index in [1.165, 1.54) is 0 Å². The molecule has 0 aliphatic carbocycles. The number of carbonyl (C=O) groups is 1. The van der Waals surface area contributed by atoms with E-state index in [2.05, 4.69) is 0 Å². The molecule has 2 rings (SSSR count). The Bertz CT molecular complexity index is 408. The van der Waals surface area contributed by atoms with E-state index in [-0.39, 0.29) is 18.9 Å². The quantitative estimate of drug-likeness (QED) is 0.808. The van der Waals surface area contributed by atoms with Crippen molar-refractivity contribution in [3.05, 3.63) is 35.9 Å². The Labute approximate surface area is 98.2 Å². The molecule has 0 aromatic heterocycles. The molecule has 1 aromatic rings. The fourth-order valence-electron chi connectivity index (χ4n) is 2.06. The zero-order valence-corrected chi connectivity index (χ0v) is 9.27. The summed E-state index contributed by atoms with van der Waals surface area (Å²) in [4.78, 5) is 13.1. The Kier molecular flexibility index (Phi) is 3.11. The summed E-state index contributed by atoms with van der Waals surface area (Å²) in [5.74, 6) is -3.28. The van der Waals surface area contributed by atoms with E-state index in [1.807, 2.05) is 0 Å². The van der Waals surface area contributed by atoms with Crippen LogP contribution in [0.5, 0.6) is 0 Å². The van der Waals surface area contributed by atoms with Gasteiger partial charge in [-0.15, -0.1) is 0 Å². The van der Waals surface area contributed by atoms with Crippen LogP contribution in [0.3, 0.4) is 0 Å². The molecule has 1 aromatic carbocycles. The lowest BCUT2D eigenvalue weighted by Gasteiger charge is -2.36. The lowest BCUT2D eigenvalue weighted by Crippen LogP contribution is -2.54. The van der Waals surface area contributed by atoms with Crippen molar-refractivity contribution in [2.24, 2.45) is 5.73 Å². The Balaban J connectivity index is 2.15. The van der Waals surface area contributed by atoms with E-state index in [9.17, 15) is 13.6 Å². The number of nitrogens with zero attached hydrogens (tertiary/aromatic N) is 1. The summed E-state index contributed by atoms with van der Waals surface area (Å²) in [6, 6.07) is 7.74. The smallest absolute Gasteiger partial charge is 0.266 e. The molecular formula is C12H14F2N2O. The van der Waals surface area contributed by atoms with Crippen LogP contribution in [0.25, 0.3) is 0 Å². The second-order valence-electron chi connectivity index (χ2n) is 4.37. The highest BCUT2D eigenvalue weighted by Gasteiger charge is 2.40. The summed E-state index contributed by atoms with van der Waals surface area (Å²) in [5, 5.41) is 0. The van der Waals surface area contributed by atoms with Crippen LogP contribution in [0, 0.1) is 0 Å². The molecular weight excluding hydrogens is 226 g/mol. The van der Waals surface area contributed by atoms with Crippen LogP contribution < -0.4 is 5.73 Å². The third-order valence-electron chi connectivity index (χ3n) is 2.75. The first kappa shape index (κ1) is 12.0. The molecule has 0 radical (unpaired) electrons. The Morgan fingerprint density at radius 2 is 2.00 bits per heavy atom. The van der Waals surface area contributed by atoms with Crippen molar-refractivity contribution in [1.82, 2.24) is 4.90 Å². The second-order valence-corrected chi connectivity index (χ2v) is 4.37. The van der Waals surface area contributed by atoms with Crippen molar-refractivity contribution in [2.75, 3.05) is 13.1 Å². The first-order chi connectivity index (χ1) is 7.98. The number of likely N-dealkylation sites (tertiary alicyclic amines) is 1. The summed E-state index contributed by atoms with van der Waals surface area (Å²) in [6.45, 7) is -0.363. The third kappa shape index (κ3) is 2.79. The topological polar surface area (TPSA) is 46.3 Å². The summed E-state index contributed by atoms with van der Waals surface area (Å²) >= 11 is 0. The van der Waals surface area contributed by atoms with Gasteiger partial charge in [0.2, 0.25) is 0 Å². The van der Waals surface area contributed by atoms with Crippen LogP contribution in [0.2, 0.25) is 0 Å². The number of hydrogen-bond donors (Lipinski definition) is 1. The minimum atomic E-state index is -2.89. The average Bonchev–Trinajstić information content (AvgIpc) is 2.26. The number of rotatable bonds is 1. The van der Waals surface area contributed by atoms with Gasteiger partial charge >= 0.3 is 0 Å². The predicted molar refractivity (Wildman–Crippen MR) is 59.9 cm³/mol. The van der Waals surface area contributed by atoms with E-state index in [0.717, 1.165) is 4.90 Å². The number of amides is 1. The predicted octanol–water partition coefficient (Wildman–Crippen LogP) is 1.50. The van der Waals surface area contributed by atoms with Gasteiger partial charge in [0.05, 0.1) is 6.54 Å². The zero-order valence-electron chi connectivity index (χ0n) is 9.27. The third-order valence-corrected chi connectivity index (χ3v) is 2.75. The minimum absolute atomic E-state index is 0.184. The van der Waals surface area contributed by atoms with Crippen molar-refractivity contribution in [2.45, 2.75) is 18.4 Å². The molecule has 1 aliphatic rings. The Hall–Kier alpha value is -1.49. The van der Waals surface area contributed by atoms with Gasteiger partial charge in [-0.2, -0.15) is 0 Å². The minimum Gasteiger partial charge on any atom is -0.331 e. The molecule has 1 atom stereocenters. The van der Waals surface area contributed by atoms with E-state index in [0.29, 0.717) is 5.56 Å². The highest BCUT2D eigenvalue weighted by molar-refractivity contribution is 5.94. The van der Waals surface area contributed by atoms with Crippen LogP contribution in [0.1, 0.15) is 16.8 Å². The van der Waals surface area contributed by atoms with Crippen molar-refractivity contribution in [3.8, 4) is 0 Å². The SMILES string of the molecule is N[C@@H]1CN(C(=O)c2ccccc2)CC(F)(F)C1. The molecule has 0 bridgehead atoms. The van der Waals surface area contributed by atoms with Gasteiger partial charge in [0.1, 0.15) is 0 Å². The lowest BCUT2D eigenvalue weighted by atomic mass is 10.0. The lowest BCUT2D eigenvalue weighted by molar-refractivity contribution is -0.0621. The Morgan fingerprint density at radius 1 is 1.35 bits per heavy atom. The molecule has 1 aliphatic heterocycles. The van der Waals surface area contributed by atoms with Crippen LogP contribution in [0.15, 0.2) is 30.3 Å². The van der Waals surface area contributed by atoms with Crippen molar-refractivity contribution < 1.29 is 13.6 Å². The van der Waals surface area contributed by atoms with Gasteiger partial charge in [-0.1, -0.05) is 18.2 Å². The normalized spacial score (nSPS) is 23.5. The zero-order chi connectivity index (χ0) is 12.5. The van der Waals surface area contributed by atoms with Gasteiger partial charge in [-0.25, -0.2) is 8.78 Å². The first-order valence-electron chi connectivity index (χ1n) is 5.46. The molecule has 5 heteroatoms. The number of piperidine rings is 1. The number of benzene rings is 1. The largest absolute Gasteiger partial charge is 0.331 e. The summed E-state index contributed by atoms with van der Waals surface area (Å²) in [5.41, 5.74) is 5.96. The summed E-state index contributed by atoms with van der Waals surface area (Å²) in [6.07, 6.45) is -0.356. The van der Waals surface area contributed by atoms with E-state index in [4.69, 9.17) is 5.73 Å². The van der Waals surface area contributed by atoms with E-state index >= 15 is 0 Å². The van der Waals surface area contributed by atoms with Gasteiger partial charge in [0.15, 0.2) is 0 Å². The number of halogens is 2. The molecule has 3 nitrogen and oxygen atoms in total. The highest BCUT2D eigenvalue weighted by atomic mass is 19.3. The monoisotopic (exact) mass is 240 g/mol. The van der Waals surface area contributed by atoms with Crippen molar-refractivity contribution >= 4 is 5.91 Å². The number of hydrogen-bond acceptors (Lipinski definition) is 2. The molecule has 1 saturated heterocycles. The van der Waals surface area contributed by atoms with Gasteiger partial charge in [0, 0.05) is 24.6 Å². The van der Waals surface area contributed by atoms with Gasteiger partial charge in [-0.05, 0) is 12.1 Å². The number of nitrogens with two attached hydrogens (primary N) is 1. The molecule has 0 unspecified atom stereocenters. The molecule has 17 heavy (non-hydrogen) atoms. The average molecular weight is 240 g/mol. The van der Waals surface area contributed by atoms with Gasteiger partial charge in [-0.3, -0.25) is 4.79 Å². The molecule has 92 valence electrons. The number of alkyl halides is 2. The van der Waals surface area contributed by atoms with Crippen LogP contribution >= 0.6 is 0 Å². The number of carbonyl (C=O) groups excluding carboxylic acids is 1. The molecule has 1 amide bonds. The summed E-state index contributed by atoms with van der Waals surface area (Å²) in [7, 11) is 0. The Morgan fingerprint density at radius 3 is 2.59 bits per heavy atom. The summed E-state index contributed by atoms with van der Waals surface area (Å²) < 4.78 is 26.6. The van der Waals surface area contributed by atoms with E-state index in [1.54, 1.807) is 30.3 Å². The van der Waals surface area contributed by atoms with Gasteiger partial charge < -0.3 is 10.6 Å². The maximum absolute atomic E-state index is 13.3. The van der Waals surface area contributed by atoms with Crippen LogP contribution in [-0.2, 0) is 0 Å². The van der Waals surface area contributed by atoms with Crippen LogP contribution in [-0.4, -0.2) is 35.9 Å². The maximum Gasteiger partial charge on any atom is 0.266 e. The molecule has 0 saturated carbocycles. The molecule has 1 heterocycles. The fourth-order valence-corrected chi connectivity index (χ4v) is 2.06. The molecule has 2 N–H and O–H groups in total. The van der Waals surface area contributed by atoms with Crippen molar-refractivity contribution in [1.29, 1.82) is 0 Å². The molecule has 1 fully saturated rings. The second kappa shape index (κ2) is 4.41. The fraction of sp³-hybridized carbons (Fsp3) is 0.417. The molecule has 0 spiro atoms. The standard InChI is InChI=1S/C12H14F2N2O/c13-12(14)6-10(15)7-16(8-12)11(17)9-4-2-1-3-5-9/h1-5,10H,6-8,15H2/t10-/m0/s1. The van der Waals surface area contributed by atoms with Gasteiger partial charge in [0.25, 0.3) is 11.8 Å². The maximum atomic E-state index is 13.3.